The summed E-state index contributed by atoms with van der Waals surface area (Å²) >= 11 is 0. The maximum absolute atomic E-state index is 12.4. The van der Waals surface area contributed by atoms with Crippen molar-refractivity contribution in [1.82, 2.24) is 14.9 Å². The minimum absolute atomic E-state index is 0.0119. The van der Waals surface area contributed by atoms with Gasteiger partial charge in [0.1, 0.15) is 6.17 Å². The van der Waals surface area contributed by atoms with Gasteiger partial charge in [-0.15, -0.1) is 0 Å². The summed E-state index contributed by atoms with van der Waals surface area (Å²) in [6.07, 6.45) is 6.36. The zero-order valence-electron chi connectivity index (χ0n) is 18.7. The number of ether oxygens (including phenoxy) is 1. The van der Waals surface area contributed by atoms with Gasteiger partial charge in [-0.25, -0.2) is 13.2 Å². The molecule has 0 aliphatic carbocycles. The number of nitrogens with one attached hydrogen (secondary N) is 2. The molecule has 0 saturated carbocycles. The van der Waals surface area contributed by atoms with E-state index in [-0.39, 0.29) is 17.0 Å². The van der Waals surface area contributed by atoms with Gasteiger partial charge < -0.3 is 15.4 Å². The third-order valence-corrected chi connectivity index (χ3v) is 7.53. The van der Waals surface area contributed by atoms with E-state index >= 15 is 0 Å². The third kappa shape index (κ3) is 5.98. The first-order valence-corrected chi connectivity index (χ1v) is 12.8. The van der Waals surface area contributed by atoms with E-state index in [2.05, 4.69) is 28.3 Å². The molecule has 0 bridgehead atoms. The van der Waals surface area contributed by atoms with Crippen LogP contribution in [0.25, 0.3) is 0 Å². The molecule has 34 heavy (non-hydrogen) atoms. The maximum atomic E-state index is 12.4. The molecule has 1 fully saturated rings. The summed E-state index contributed by atoms with van der Waals surface area (Å²) in [5.74, 6) is -0.653. The van der Waals surface area contributed by atoms with Gasteiger partial charge in [0.25, 0.3) is 0 Å². The summed E-state index contributed by atoms with van der Waals surface area (Å²) in [6.45, 7) is 1.79. The Morgan fingerprint density at radius 1 is 1.21 bits per heavy atom. The van der Waals surface area contributed by atoms with Crippen molar-refractivity contribution in [3.05, 3.63) is 54.1 Å². The van der Waals surface area contributed by atoms with Gasteiger partial charge in [0, 0.05) is 31.3 Å². The highest BCUT2D eigenvalue weighted by Gasteiger charge is 2.30. The normalized spacial score (nSPS) is 21.8. The number of carbonyl (C=O) groups is 2. The molecule has 3 heterocycles. The van der Waals surface area contributed by atoms with Crippen molar-refractivity contribution in [2.75, 3.05) is 19.6 Å². The molecular weight excluding hydrogens is 458 g/mol. The molecule has 0 aromatic heterocycles. The number of aliphatic imine (C=N–C) groups is 1. The number of hydrogen-bond donors (Lipinski definition) is 3. The predicted molar refractivity (Wildman–Crippen MR) is 126 cm³/mol. The molecule has 4 N–H and O–H groups in total. The molecule has 11 heteroatoms. The van der Waals surface area contributed by atoms with Gasteiger partial charge in [-0.1, -0.05) is 30.4 Å². The minimum Gasteiger partial charge on any atom is -0.376 e. The van der Waals surface area contributed by atoms with Crippen LogP contribution >= 0.6 is 0 Å². The molecule has 3 aliphatic rings. The Morgan fingerprint density at radius 2 is 1.94 bits per heavy atom. The number of sulfonamides is 1. The molecule has 1 aromatic carbocycles. The number of dihydropyridines is 1. The average Bonchev–Trinajstić information content (AvgIpc) is 2.84. The van der Waals surface area contributed by atoms with Crippen molar-refractivity contribution in [2.24, 2.45) is 16.6 Å². The highest BCUT2D eigenvalue weighted by molar-refractivity contribution is 7.89. The van der Waals surface area contributed by atoms with Crippen LogP contribution in [0.4, 0.5) is 4.79 Å². The highest BCUT2D eigenvalue weighted by Crippen LogP contribution is 2.25. The number of carbonyl (C=O) groups excluding carboxylic acids is 2. The molecule has 182 valence electrons. The zero-order chi connectivity index (χ0) is 24.1. The van der Waals surface area contributed by atoms with Gasteiger partial charge >= 0.3 is 12.1 Å². The Balaban J connectivity index is 1.23. The number of fused-ring (bicyclic) bond motifs is 1. The molecule has 2 atom stereocenters. The van der Waals surface area contributed by atoms with Gasteiger partial charge in [-0.3, -0.25) is 15.1 Å². The van der Waals surface area contributed by atoms with E-state index in [0.29, 0.717) is 25.9 Å². The molecule has 3 aliphatic heterocycles. The van der Waals surface area contributed by atoms with Crippen LogP contribution in [0, 0.1) is 5.92 Å². The molecule has 1 unspecified atom stereocenters. The number of nitrogens with two attached hydrogens (primary N) is 1. The number of amides is 1. The Labute approximate surface area is 199 Å². The smallest absolute Gasteiger partial charge is 0.376 e. The zero-order valence-corrected chi connectivity index (χ0v) is 19.5. The first-order valence-electron chi connectivity index (χ1n) is 11.3. The Kier molecular flexibility index (Phi) is 7.57. The molecule has 10 nitrogen and oxygen atoms in total. The van der Waals surface area contributed by atoms with Crippen LogP contribution in [-0.2, 0) is 19.6 Å². The summed E-state index contributed by atoms with van der Waals surface area (Å²) in [4.78, 5) is 30.9. The van der Waals surface area contributed by atoms with Crippen molar-refractivity contribution in [1.29, 1.82) is 0 Å². The van der Waals surface area contributed by atoms with Crippen LogP contribution in [0.2, 0.25) is 0 Å². The van der Waals surface area contributed by atoms with E-state index in [1.54, 1.807) is 18.2 Å². The molecule has 1 aromatic rings. The second kappa shape index (κ2) is 10.6. The monoisotopic (exact) mass is 487 g/mol. The topological polar surface area (TPSA) is 143 Å². The molecular formula is C23H29N5O5S. The van der Waals surface area contributed by atoms with E-state index in [4.69, 9.17) is 15.5 Å². The largest absolute Gasteiger partial charge is 0.417 e. The van der Waals surface area contributed by atoms with Gasteiger partial charge in [-0.2, -0.15) is 4.72 Å². The highest BCUT2D eigenvalue weighted by atomic mass is 32.2. The van der Waals surface area contributed by atoms with Crippen LogP contribution < -0.4 is 15.8 Å². The van der Waals surface area contributed by atoms with Crippen molar-refractivity contribution in [3.8, 4) is 0 Å². The van der Waals surface area contributed by atoms with Crippen LogP contribution in [0.3, 0.4) is 0 Å². The Morgan fingerprint density at radius 3 is 2.68 bits per heavy atom. The first-order chi connectivity index (χ1) is 16.3. The van der Waals surface area contributed by atoms with E-state index in [0.717, 1.165) is 18.7 Å². The lowest BCUT2D eigenvalue weighted by atomic mass is 9.89. The van der Waals surface area contributed by atoms with E-state index in [1.165, 1.54) is 22.6 Å². The van der Waals surface area contributed by atoms with Crippen LogP contribution in [0.1, 0.15) is 25.7 Å². The van der Waals surface area contributed by atoms with Crippen LogP contribution in [0.5, 0.6) is 0 Å². The van der Waals surface area contributed by atoms with Crippen molar-refractivity contribution in [3.63, 3.8) is 0 Å². The molecule has 0 radical (unpaired) electrons. The van der Waals surface area contributed by atoms with Crippen molar-refractivity contribution in [2.45, 2.75) is 42.9 Å². The average molecular weight is 488 g/mol. The first kappa shape index (κ1) is 24.3. The van der Waals surface area contributed by atoms with E-state index in [9.17, 15) is 18.0 Å². The lowest BCUT2D eigenvalue weighted by Gasteiger charge is -2.33. The Hall–Kier alpha value is -2.86. The van der Waals surface area contributed by atoms with E-state index in [1.807, 2.05) is 0 Å². The number of esters is 1. The molecule has 0 spiro atoms. The van der Waals surface area contributed by atoms with Gasteiger partial charge in [0.05, 0.1) is 17.5 Å². The number of hydrogen-bond acceptors (Lipinski definition) is 8. The summed E-state index contributed by atoms with van der Waals surface area (Å²) in [7, 11) is -3.88. The summed E-state index contributed by atoms with van der Waals surface area (Å²) in [5, 5.41) is 3.40. The van der Waals surface area contributed by atoms with Gasteiger partial charge in [0.15, 0.2) is 0 Å². The van der Waals surface area contributed by atoms with Gasteiger partial charge in [-0.05, 0) is 43.0 Å². The number of rotatable bonds is 6. The minimum atomic E-state index is -3.88. The number of benzene rings is 1. The maximum Gasteiger partial charge on any atom is 0.417 e. The van der Waals surface area contributed by atoms with Gasteiger partial charge in [0.2, 0.25) is 10.0 Å². The Bertz CT molecular complexity index is 1110. The van der Waals surface area contributed by atoms with Crippen molar-refractivity contribution >= 4 is 27.8 Å². The molecule has 1 saturated heterocycles. The van der Waals surface area contributed by atoms with Crippen LogP contribution in [0.15, 0.2) is 64.0 Å². The fourth-order valence-corrected chi connectivity index (χ4v) is 5.37. The number of nitrogens with zero attached hydrogens (tertiary/aromatic N) is 2. The molecule has 1 amide bonds. The number of likely N-dealkylation sites (tertiary alicyclic amines) is 1. The lowest BCUT2D eigenvalue weighted by molar-refractivity contribution is -0.138. The second-order valence-electron chi connectivity index (χ2n) is 8.48. The van der Waals surface area contributed by atoms with Crippen LogP contribution in [-0.4, -0.2) is 63.1 Å². The standard InChI is InChI=1S/C23H29N5O5S/c24-20(27-34(31,32)18-6-2-1-3-7-18)15-21(29)33-23(30)28-13-10-16(11-14-28)19-9-8-17-5-4-12-25-22(17)26-19/h1-3,5-9,16,20,22,25,27H,4,10-15,24H2/t20-,22?/m0/s1. The lowest BCUT2D eigenvalue weighted by Crippen LogP contribution is -2.45. The quantitative estimate of drug-likeness (QED) is 0.311. The number of allylic oxidation sites excluding steroid dienone is 1. The second-order valence-corrected chi connectivity index (χ2v) is 10.2. The fraction of sp³-hybridized carbons (Fsp3) is 0.435. The fourth-order valence-electron chi connectivity index (χ4n) is 4.23. The number of piperidine rings is 1. The summed E-state index contributed by atoms with van der Waals surface area (Å²) in [5.41, 5.74) is 7.97. The molecule has 4 rings (SSSR count). The summed E-state index contributed by atoms with van der Waals surface area (Å²) in [6, 6.07) is 7.67. The SMILES string of the molecule is N[C@H](CC(=O)OC(=O)N1CCC(C2=NC3NCCC=C3C=C2)CC1)NS(=O)(=O)c1ccccc1. The predicted octanol–water partition coefficient (Wildman–Crippen LogP) is 1.27. The summed E-state index contributed by atoms with van der Waals surface area (Å²) < 4.78 is 31.7. The van der Waals surface area contributed by atoms with Crippen molar-refractivity contribution < 1.29 is 22.7 Å². The third-order valence-electron chi connectivity index (χ3n) is 6.02. The van der Waals surface area contributed by atoms with E-state index < -0.39 is 34.7 Å².